The van der Waals surface area contributed by atoms with Gasteiger partial charge in [0.05, 0.1) is 6.61 Å². The van der Waals surface area contributed by atoms with Crippen LogP contribution in [0.4, 0.5) is 0 Å². The molecule has 0 N–H and O–H groups in total. The fraction of sp³-hybridized carbons (Fsp3) is 0.562. The molecule has 1 heterocycles. The number of ether oxygens (including phenoxy) is 1. The van der Waals surface area contributed by atoms with E-state index in [1.165, 1.54) is 5.56 Å². The summed E-state index contributed by atoms with van der Waals surface area (Å²) in [5.41, 5.74) is 1.21. The fourth-order valence-electron chi connectivity index (χ4n) is 2.78. The van der Waals surface area contributed by atoms with E-state index in [0.717, 1.165) is 31.6 Å². The fourth-order valence-corrected chi connectivity index (χ4v) is 2.78. The lowest BCUT2D eigenvalue weighted by atomic mass is 9.84. The average Bonchev–Trinajstić information content (AvgIpc) is 2.40. The van der Waals surface area contributed by atoms with Gasteiger partial charge in [0.2, 0.25) is 0 Å². The maximum atomic E-state index is 12.2. The molecule has 0 fully saturated rings. The molecule has 0 aromatic heterocycles. The summed E-state index contributed by atoms with van der Waals surface area (Å²) in [5.74, 6) is 1.97. The van der Waals surface area contributed by atoms with Crippen molar-refractivity contribution in [2.75, 3.05) is 6.61 Å². The minimum absolute atomic E-state index is 0.236. The minimum Gasteiger partial charge on any atom is -0.493 e. The van der Waals surface area contributed by atoms with E-state index in [1.807, 2.05) is 18.2 Å². The number of ketones is 1. The van der Waals surface area contributed by atoms with E-state index < -0.39 is 0 Å². The standard InChI is InChI=1S/C16H22O2/c1-3-12(4-2)15(17)11-13-9-10-18-16-8-6-5-7-14(13)16/h5-8,12-13H,3-4,9-11H2,1-2H3. The van der Waals surface area contributed by atoms with Crippen molar-refractivity contribution in [2.45, 2.75) is 45.4 Å². The number of fused-ring (bicyclic) bond motifs is 1. The van der Waals surface area contributed by atoms with E-state index in [-0.39, 0.29) is 5.92 Å². The third-order valence-corrected chi connectivity index (χ3v) is 3.97. The van der Waals surface area contributed by atoms with Crippen molar-refractivity contribution < 1.29 is 9.53 Å². The number of hydrogen-bond donors (Lipinski definition) is 0. The highest BCUT2D eigenvalue weighted by Crippen LogP contribution is 2.36. The van der Waals surface area contributed by atoms with Gasteiger partial charge < -0.3 is 4.74 Å². The maximum Gasteiger partial charge on any atom is 0.136 e. The molecule has 1 aliphatic heterocycles. The van der Waals surface area contributed by atoms with Crippen LogP contribution in [0, 0.1) is 5.92 Å². The number of benzene rings is 1. The highest BCUT2D eigenvalue weighted by molar-refractivity contribution is 5.81. The smallest absolute Gasteiger partial charge is 0.136 e. The molecule has 0 bridgehead atoms. The van der Waals surface area contributed by atoms with Gasteiger partial charge in [0.1, 0.15) is 11.5 Å². The summed E-state index contributed by atoms with van der Waals surface area (Å²) in [6, 6.07) is 8.12. The first kappa shape index (κ1) is 13.1. The average molecular weight is 246 g/mol. The lowest BCUT2D eigenvalue weighted by Crippen LogP contribution is -2.20. The van der Waals surface area contributed by atoms with Gasteiger partial charge in [0.25, 0.3) is 0 Å². The first-order valence-electron chi connectivity index (χ1n) is 7.00. The third kappa shape index (κ3) is 2.74. The second-order valence-corrected chi connectivity index (χ2v) is 5.06. The highest BCUT2D eigenvalue weighted by Gasteiger charge is 2.25. The number of carbonyl (C=O) groups excluding carboxylic acids is 1. The summed E-state index contributed by atoms with van der Waals surface area (Å²) in [4.78, 5) is 12.2. The summed E-state index contributed by atoms with van der Waals surface area (Å²) >= 11 is 0. The molecule has 0 radical (unpaired) electrons. The van der Waals surface area contributed by atoms with Crippen LogP contribution < -0.4 is 4.74 Å². The normalized spacial score (nSPS) is 18.3. The molecule has 98 valence electrons. The van der Waals surface area contributed by atoms with Crippen LogP contribution >= 0.6 is 0 Å². The predicted molar refractivity (Wildman–Crippen MR) is 73.0 cm³/mol. The number of para-hydroxylation sites is 1. The summed E-state index contributed by atoms with van der Waals surface area (Å²) < 4.78 is 5.64. The molecular formula is C16H22O2. The summed E-state index contributed by atoms with van der Waals surface area (Å²) in [6.45, 7) is 4.94. The number of carbonyl (C=O) groups is 1. The van der Waals surface area contributed by atoms with Crippen molar-refractivity contribution >= 4 is 5.78 Å². The van der Waals surface area contributed by atoms with Crippen molar-refractivity contribution in [1.29, 1.82) is 0 Å². The lowest BCUT2D eigenvalue weighted by molar-refractivity contribution is -0.123. The molecule has 2 rings (SSSR count). The van der Waals surface area contributed by atoms with Crippen LogP contribution in [0.2, 0.25) is 0 Å². The number of rotatable bonds is 5. The second-order valence-electron chi connectivity index (χ2n) is 5.06. The topological polar surface area (TPSA) is 26.3 Å². The largest absolute Gasteiger partial charge is 0.493 e. The molecule has 0 saturated heterocycles. The van der Waals surface area contributed by atoms with Gasteiger partial charge in [-0.25, -0.2) is 0 Å². The molecular weight excluding hydrogens is 224 g/mol. The van der Waals surface area contributed by atoms with Crippen molar-refractivity contribution in [3.05, 3.63) is 29.8 Å². The Morgan fingerprint density at radius 2 is 2.06 bits per heavy atom. The molecule has 1 aromatic carbocycles. The second kappa shape index (κ2) is 6.03. The van der Waals surface area contributed by atoms with Crippen molar-refractivity contribution in [3.63, 3.8) is 0 Å². The lowest BCUT2D eigenvalue weighted by Gasteiger charge is -2.26. The Morgan fingerprint density at radius 3 is 2.78 bits per heavy atom. The molecule has 0 saturated carbocycles. The first-order valence-corrected chi connectivity index (χ1v) is 7.00. The molecule has 18 heavy (non-hydrogen) atoms. The van der Waals surface area contributed by atoms with Crippen molar-refractivity contribution in [1.82, 2.24) is 0 Å². The highest BCUT2D eigenvalue weighted by atomic mass is 16.5. The summed E-state index contributed by atoms with van der Waals surface area (Å²) in [6.07, 6.45) is 3.55. The Bertz CT molecular complexity index is 407. The SMILES string of the molecule is CCC(CC)C(=O)CC1CCOc2ccccc21. The Hall–Kier alpha value is -1.31. The van der Waals surface area contributed by atoms with Gasteiger partial charge in [-0.1, -0.05) is 32.0 Å². The van der Waals surface area contributed by atoms with Gasteiger partial charge in [-0.3, -0.25) is 4.79 Å². The van der Waals surface area contributed by atoms with E-state index in [9.17, 15) is 4.79 Å². The van der Waals surface area contributed by atoms with Crippen LogP contribution in [0.5, 0.6) is 5.75 Å². The predicted octanol–water partition coefficient (Wildman–Crippen LogP) is 3.95. The zero-order valence-electron chi connectivity index (χ0n) is 11.3. The molecule has 1 unspecified atom stereocenters. The number of hydrogen-bond acceptors (Lipinski definition) is 2. The van der Waals surface area contributed by atoms with E-state index in [1.54, 1.807) is 0 Å². The first-order chi connectivity index (χ1) is 8.76. The van der Waals surface area contributed by atoms with Gasteiger partial charge in [-0.2, -0.15) is 0 Å². The quantitative estimate of drug-likeness (QED) is 0.786. The monoisotopic (exact) mass is 246 g/mol. The van der Waals surface area contributed by atoms with Crippen LogP contribution in [-0.2, 0) is 4.79 Å². The zero-order chi connectivity index (χ0) is 13.0. The van der Waals surface area contributed by atoms with Crippen molar-refractivity contribution in [3.8, 4) is 5.75 Å². The van der Waals surface area contributed by atoms with Gasteiger partial charge in [0, 0.05) is 12.3 Å². The summed E-state index contributed by atoms with van der Waals surface area (Å²) in [5, 5.41) is 0. The van der Waals surface area contributed by atoms with E-state index in [2.05, 4.69) is 19.9 Å². The molecule has 1 aromatic rings. The minimum atomic E-state index is 0.236. The van der Waals surface area contributed by atoms with E-state index in [0.29, 0.717) is 18.1 Å². The molecule has 0 amide bonds. The van der Waals surface area contributed by atoms with E-state index in [4.69, 9.17) is 4.74 Å². The maximum absolute atomic E-state index is 12.2. The molecule has 1 aliphatic rings. The van der Waals surface area contributed by atoms with Crippen LogP contribution in [-0.4, -0.2) is 12.4 Å². The van der Waals surface area contributed by atoms with Gasteiger partial charge in [-0.05, 0) is 36.8 Å². The molecule has 0 aliphatic carbocycles. The van der Waals surface area contributed by atoms with Gasteiger partial charge >= 0.3 is 0 Å². The van der Waals surface area contributed by atoms with Gasteiger partial charge in [0.15, 0.2) is 0 Å². The molecule has 2 nitrogen and oxygen atoms in total. The summed E-state index contributed by atoms with van der Waals surface area (Å²) in [7, 11) is 0. The van der Waals surface area contributed by atoms with Crippen LogP contribution in [0.3, 0.4) is 0 Å². The number of Topliss-reactive ketones (excluding diaryl/α,β-unsaturated/α-hetero) is 1. The van der Waals surface area contributed by atoms with E-state index >= 15 is 0 Å². The van der Waals surface area contributed by atoms with Crippen molar-refractivity contribution in [2.24, 2.45) is 5.92 Å². The Labute approximate surface area is 109 Å². The van der Waals surface area contributed by atoms with Gasteiger partial charge in [-0.15, -0.1) is 0 Å². The Balaban J connectivity index is 2.09. The molecule has 2 heteroatoms. The third-order valence-electron chi connectivity index (χ3n) is 3.97. The molecule has 0 spiro atoms. The Morgan fingerprint density at radius 1 is 1.33 bits per heavy atom. The van der Waals surface area contributed by atoms with Crippen LogP contribution in [0.15, 0.2) is 24.3 Å². The Kier molecular flexibility index (Phi) is 4.40. The van der Waals surface area contributed by atoms with Crippen LogP contribution in [0.1, 0.15) is 51.0 Å². The molecule has 1 atom stereocenters. The van der Waals surface area contributed by atoms with Crippen LogP contribution in [0.25, 0.3) is 0 Å². The zero-order valence-corrected chi connectivity index (χ0v) is 11.3.